The van der Waals surface area contributed by atoms with E-state index in [1.54, 1.807) is 0 Å². The smallest absolute Gasteiger partial charge is 0.323 e. The zero-order valence-corrected chi connectivity index (χ0v) is 19.6. The molecule has 6 rings (SSSR count). The SMILES string of the molecule is CC(C)(C)[Si](OC(=O)C12CC3CC(CC(C3)C1)C2)(c1ccccc1)c1ccccc1. The first-order valence-electron chi connectivity index (χ1n) is 11.7. The van der Waals surface area contributed by atoms with Gasteiger partial charge in [-0.15, -0.1) is 0 Å². The Morgan fingerprint density at radius 2 is 1.20 bits per heavy atom. The van der Waals surface area contributed by atoms with Crippen LogP contribution >= 0.6 is 0 Å². The largest absolute Gasteiger partial charge is 0.509 e. The molecule has 158 valence electrons. The molecule has 0 aromatic heterocycles. The van der Waals surface area contributed by atoms with E-state index >= 15 is 0 Å². The van der Waals surface area contributed by atoms with Crippen molar-refractivity contribution in [2.24, 2.45) is 23.2 Å². The molecule has 0 heterocycles. The highest BCUT2D eigenvalue weighted by molar-refractivity contribution is 7.00. The predicted molar refractivity (Wildman–Crippen MR) is 124 cm³/mol. The average molecular weight is 419 g/mol. The fraction of sp³-hybridized carbons (Fsp3) is 0.519. The molecular formula is C27H34O2Si. The molecule has 4 fully saturated rings. The minimum Gasteiger partial charge on any atom is -0.509 e. The lowest BCUT2D eigenvalue weighted by Gasteiger charge is -2.56. The lowest BCUT2D eigenvalue weighted by atomic mass is 9.49. The minimum atomic E-state index is -2.81. The van der Waals surface area contributed by atoms with Crippen LogP contribution in [0.25, 0.3) is 0 Å². The van der Waals surface area contributed by atoms with Gasteiger partial charge in [0.2, 0.25) is 0 Å². The first-order chi connectivity index (χ1) is 14.3. The number of hydrogen-bond donors (Lipinski definition) is 0. The van der Waals surface area contributed by atoms with Gasteiger partial charge in [-0.3, -0.25) is 4.79 Å². The van der Waals surface area contributed by atoms with Gasteiger partial charge in [0.15, 0.2) is 0 Å². The van der Waals surface area contributed by atoms with E-state index in [2.05, 4.69) is 81.4 Å². The highest BCUT2D eigenvalue weighted by atomic mass is 28.4. The Morgan fingerprint density at radius 3 is 1.57 bits per heavy atom. The maximum atomic E-state index is 14.1. The van der Waals surface area contributed by atoms with Crippen LogP contribution < -0.4 is 10.4 Å². The molecule has 4 aliphatic rings. The molecule has 4 bridgehead atoms. The molecule has 0 unspecified atom stereocenters. The summed E-state index contributed by atoms with van der Waals surface area (Å²) in [5.74, 6) is 2.32. The third kappa shape index (κ3) is 3.08. The van der Waals surface area contributed by atoms with E-state index in [0.29, 0.717) is 0 Å². The highest BCUT2D eigenvalue weighted by Crippen LogP contribution is 2.60. The summed E-state index contributed by atoms with van der Waals surface area (Å²) < 4.78 is 6.96. The van der Waals surface area contributed by atoms with Gasteiger partial charge in [-0.25, -0.2) is 0 Å². The van der Waals surface area contributed by atoms with Crippen LogP contribution in [0.15, 0.2) is 60.7 Å². The summed E-state index contributed by atoms with van der Waals surface area (Å²) in [5.41, 5.74) is -0.234. The van der Waals surface area contributed by atoms with Gasteiger partial charge < -0.3 is 4.43 Å². The van der Waals surface area contributed by atoms with Crippen LogP contribution in [0.1, 0.15) is 59.3 Å². The quantitative estimate of drug-likeness (QED) is 0.629. The fourth-order valence-corrected chi connectivity index (χ4v) is 11.7. The molecule has 2 nitrogen and oxygen atoms in total. The van der Waals surface area contributed by atoms with Gasteiger partial charge in [0.05, 0.1) is 5.41 Å². The fourth-order valence-electron chi connectivity index (χ4n) is 7.26. The molecule has 4 aliphatic carbocycles. The second-order valence-electron chi connectivity index (χ2n) is 11.3. The Labute approximate surface area is 182 Å². The number of hydrogen-bond acceptors (Lipinski definition) is 2. The van der Waals surface area contributed by atoms with Crippen LogP contribution in [0.4, 0.5) is 0 Å². The van der Waals surface area contributed by atoms with Gasteiger partial charge in [0.25, 0.3) is 5.97 Å². The Balaban J connectivity index is 1.60. The van der Waals surface area contributed by atoms with E-state index < -0.39 is 8.32 Å². The number of carbonyl (C=O) groups is 1. The van der Waals surface area contributed by atoms with Crippen molar-refractivity contribution in [2.75, 3.05) is 0 Å². The molecule has 4 saturated carbocycles. The summed E-state index contributed by atoms with van der Waals surface area (Å²) in [6.45, 7) is 6.77. The Bertz CT molecular complexity index is 838. The zero-order valence-electron chi connectivity index (χ0n) is 18.6. The molecule has 0 aliphatic heterocycles. The summed E-state index contributed by atoms with van der Waals surface area (Å²) in [6.07, 6.45) is 7.17. The van der Waals surface area contributed by atoms with Crippen LogP contribution in [-0.2, 0) is 9.22 Å². The molecular weight excluding hydrogens is 384 g/mol. The lowest BCUT2D eigenvalue weighted by Crippen LogP contribution is -2.68. The van der Waals surface area contributed by atoms with Gasteiger partial charge >= 0.3 is 8.32 Å². The van der Waals surface area contributed by atoms with Gasteiger partial charge in [-0.1, -0.05) is 81.4 Å². The normalized spacial score (nSPS) is 30.3. The van der Waals surface area contributed by atoms with Crippen LogP contribution in [-0.4, -0.2) is 14.3 Å². The van der Waals surface area contributed by atoms with E-state index in [4.69, 9.17) is 4.43 Å². The van der Waals surface area contributed by atoms with Gasteiger partial charge in [-0.2, -0.15) is 0 Å². The maximum absolute atomic E-state index is 14.1. The van der Waals surface area contributed by atoms with E-state index in [1.807, 2.05) is 0 Å². The molecule has 0 N–H and O–H groups in total. The molecule has 0 saturated heterocycles. The predicted octanol–water partition coefficient (Wildman–Crippen LogP) is 5.31. The van der Waals surface area contributed by atoms with Gasteiger partial charge in [0, 0.05) is 0 Å². The van der Waals surface area contributed by atoms with Crippen molar-refractivity contribution < 1.29 is 9.22 Å². The zero-order chi connectivity index (χ0) is 21.0. The summed E-state index contributed by atoms with van der Waals surface area (Å²) in [4.78, 5) is 14.1. The summed E-state index contributed by atoms with van der Waals surface area (Å²) in [5, 5.41) is 2.23. The molecule has 0 radical (unpaired) electrons. The topological polar surface area (TPSA) is 26.3 Å². The van der Waals surface area contributed by atoms with Crippen LogP contribution in [0.3, 0.4) is 0 Å². The standard InChI is InChI=1S/C27H34O2Si/c1-26(2,3)30(23-10-6-4-7-11-23,24-12-8-5-9-13-24)29-25(28)27-17-20-14-21(18-27)16-22(15-20)19-27/h4-13,20-22H,14-19H2,1-3H3. The third-order valence-corrected chi connectivity index (χ3v) is 13.0. The van der Waals surface area contributed by atoms with Crippen molar-refractivity contribution in [1.82, 2.24) is 0 Å². The van der Waals surface area contributed by atoms with Crippen molar-refractivity contribution >= 4 is 24.7 Å². The second-order valence-corrected chi connectivity index (χ2v) is 15.5. The summed E-state index contributed by atoms with van der Waals surface area (Å²) in [6, 6.07) is 21.2. The third-order valence-electron chi connectivity index (χ3n) is 8.13. The van der Waals surface area contributed by atoms with Crippen molar-refractivity contribution in [3.05, 3.63) is 60.7 Å². The molecule has 2 aromatic carbocycles. The van der Waals surface area contributed by atoms with E-state index in [9.17, 15) is 4.79 Å². The molecule has 2 aromatic rings. The van der Waals surface area contributed by atoms with Gasteiger partial charge in [-0.05, 0) is 71.7 Å². The van der Waals surface area contributed by atoms with Crippen molar-refractivity contribution in [3.8, 4) is 0 Å². The highest BCUT2D eigenvalue weighted by Gasteiger charge is 2.59. The number of rotatable bonds is 4. The first-order valence-corrected chi connectivity index (χ1v) is 13.6. The molecule has 0 spiro atoms. The Morgan fingerprint density at radius 1 is 0.800 bits per heavy atom. The summed E-state index contributed by atoms with van der Waals surface area (Å²) in [7, 11) is -2.81. The maximum Gasteiger partial charge on any atom is 0.323 e. The Kier molecular flexibility index (Phi) is 4.74. The molecule has 0 amide bonds. The lowest BCUT2D eigenvalue weighted by molar-refractivity contribution is -0.162. The van der Waals surface area contributed by atoms with Crippen LogP contribution in [0.2, 0.25) is 5.04 Å². The molecule has 0 atom stereocenters. The van der Waals surface area contributed by atoms with E-state index in [-0.39, 0.29) is 16.4 Å². The minimum absolute atomic E-state index is 0.107. The van der Waals surface area contributed by atoms with Crippen molar-refractivity contribution in [1.29, 1.82) is 0 Å². The molecule has 30 heavy (non-hydrogen) atoms. The average Bonchev–Trinajstić information content (AvgIpc) is 2.71. The van der Waals surface area contributed by atoms with Crippen LogP contribution in [0.5, 0.6) is 0 Å². The molecule has 3 heteroatoms. The monoisotopic (exact) mass is 418 g/mol. The van der Waals surface area contributed by atoms with Crippen molar-refractivity contribution in [2.45, 2.75) is 64.3 Å². The van der Waals surface area contributed by atoms with Gasteiger partial charge in [0.1, 0.15) is 0 Å². The van der Waals surface area contributed by atoms with E-state index in [1.165, 1.54) is 29.6 Å². The summed E-state index contributed by atoms with van der Waals surface area (Å²) >= 11 is 0. The number of benzene rings is 2. The van der Waals surface area contributed by atoms with E-state index in [0.717, 1.165) is 37.0 Å². The second kappa shape index (κ2) is 7.08. The Hall–Kier alpha value is -1.87. The van der Waals surface area contributed by atoms with Crippen molar-refractivity contribution in [3.63, 3.8) is 0 Å². The van der Waals surface area contributed by atoms with Crippen LogP contribution in [0, 0.1) is 23.2 Å². The first kappa shape index (κ1) is 20.1. The number of carbonyl (C=O) groups excluding carboxylic acids is 1.